The van der Waals surface area contributed by atoms with Gasteiger partial charge in [-0.05, 0) is 6.92 Å². The van der Waals surface area contributed by atoms with Crippen LogP contribution in [0.2, 0.25) is 0 Å². The predicted octanol–water partition coefficient (Wildman–Crippen LogP) is 2.55. The second kappa shape index (κ2) is 6.21. The molecule has 0 saturated carbocycles. The number of alkyl halides is 1. The second-order valence-corrected chi connectivity index (χ2v) is 1.99. The lowest BCUT2D eigenvalue weighted by atomic mass is 10.5. The van der Waals surface area contributed by atoms with E-state index in [1.165, 1.54) is 0 Å². The highest BCUT2D eigenvalue weighted by molar-refractivity contribution is 14.1. The molecule has 7 heavy (non-hydrogen) atoms. The normalized spacial score (nSPS) is 11.7. The summed E-state index contributed by atoms with van der Waals surface area (Å²) in [5, 5.41) is 0. The molecule has 0 radical (unpaired) electrons. The zero-order chi connectivity index (χ0) is 5.54. The van der Waals surface area contributed by atoms with Crippen LogP contribution >= 0.6 is 22.6 Å². The smallest absolute Gasteiger partial charge is 0.0178 e. The SMILES string of the molecule is C/C=C/C=C/CI. The Morgan fingerprint density at radius 3 is 2.57 bits per heavy atom. The molecular formula is C6H9I. The first-order valence-corrected chi connectivity index (χ1v) is 3.78. The zero-order valence-electron chi connectivity index (χ0n) is 4.39. The lowest BCUT2D eigenvalue weighted by Gasteiger charge is -1.69. The fourth-order valence-corrected chi connectivity index (χ4v) is 0.535. The molecule has 0 saturated heterocycles. The van der Waals surface area contributed by atoms with Crippen molar-refractivity contribution in [2.75, 3.05) is 4.43 Å². The summed E-state index contributed by atoms with van der Waals surface area (Å²) in [6.45, 7) is 2.01. The molecule has 0 aromatic carbocycles. The summed E-state index contributed by atoms with van der Waals surface area (Å²) < 4.78 is 1.10. The highest BCUT2D eigenvalue weighted by Crippen LogP contribution is 1.82. The van der Waals surface area contributed by atoms with Crippen molar-refractivity contribution in [3.05, 3.63) is 24.3 Å². The van der Waals surface area contributed by atoms with Gasteiger partial charge in [-0.2, -0.15) is 0 Å². The number of halogens is 1. The van der Waals surface area contributed by atoms with Gasteiger partial charge in [-0.3, -0.25) is 0 Å². The molecule has 0 aliphatic heterocycles. The van der Waals surface area contributed by atoms with Crippen molar-refractivity contribution >= 4 is 22.6 Å². The summed E-state index contributed by atoms with van der Waals surface area (Å²) in [5.74, 6) is 0. The summed E-state index contributed by atoms with van der Waals surface area (Å²) >= 11 is 2.31. The fourth-order valence-electron chi connectivity index (χ4n) is 0.241. The largest absolute Gasteiger partial charge is 0.0877 e. The van der Waals surface area contributed by atoms with Gasteiger partial charge in [-0.1, -0.05) is 46.9 Å². The Kier molecular flexibility index (Phi) is 6.40. The zero-order valence-corrected chi connectivity index (χ0v) is 6.55. The molecule has 0 nitrogen and oxygen atoms in total. The Hall–Kier alpha value is 0.210. The maximum absolute atomic E-state index is 2.31. The highest BCUT2D eigenvalue weighted by Gasteiger charge is 1.59. The van der Waals surface area contributed by atoms with Crippen LogP contribution in [0.25, 0.3) is 0 Å². The van der Waals surface area contributed by atoms with E-state index in [0.29, 0.717) is 0 Å². The molecule has 0 heterocycles. The van der Waals surface area contributed by atoms with Crippen LogP contribution < -0.4 is 0 Å². The maximum atomic E-state index is 2.31. The summed E-state index contributed by atoms with van der Waals surface area (Å²) in [5.41, 5.74) is 0. The van der Waals surface area contributed by atoms with E-state index in [2.05, 4.69) is 28.7 Å². The first kappa shape index (κ1) is 7.21. The Bertz CT molecular complexity index is 72.2. The van der Waals surface area contributed by atoms with Crippen LogP contribution in [0.3, 0.4) is 0 Å². The summed E-state index contributed by atoms with van der Waals surface area (Å²) in [4.78, 5) is 0. The topological polar surface area (TPSA) is 0 Å². The van der Waals surface area contributed by atoms with Crippen LogP contribution in [0.1, 0.15) is 6.92 Å². The predicted molar refractivity (Wildman–Crippen MR) is 42.8 cm³/mol. The van der Waals surface area contributed by atoms with Crippen LogP contribution in [0, 0.1) is 0 Å². The molecule has 1 heteroatoms. The van der Waals surface area contributed by atoms with Crippen LogP contribution in [0.15, 0.2) is 24.3 Å². The average molecular weight is 208 g/mol. The van der Waals surface area contributed by atoms with Gasteiger partial charge in [0, 0.05) is 4.43 Å². The van der Waals surface area contributed by atoms with Crippen LogP contribution in [0.5, 0.6) is 0 Å². The van der Waals surface area contributed by atoms with Crippen molar-refractivity contribution in [1.82, 2.24) is 0 Å². The van der Waals surface area contributed by atoms with Gasteiger partial charge in [0.1, 0.15) is 0 Å². The van der Waals surface area contributed by atoms with Crippen molar-refractivity contribution in [3.63, 3.8) is 0 Å². The van der Waals surface area contributed by atoms with Crippen molar-refractivity contribution in [3.8, 4) is 0 Å². The van der Waals surface area contributed by atoms with Gasteiger partial charge in [-0.25, -0.2) is 0 Å². The van der Waals surface area contributed by atoms with Crippen LogP contribution in [-0.4, -0.2) is 4.43 Å². The van der Waals surface area contributed by atoms with Gasteiger partial charge in [0.2, 0.25) is 0 Å². The number of hydrogen-bond donors (Lipinski definition) is 0. The molecule has 0 amide bonds. The van der Waals surface area contributed by atoms with E-state index in [0.717, 1.165) is 4.43 Å². The van der Waals surface area contributed by atoms with E-state index in [1.54, 1.807) is 0 Å². The van der Waals surface area contributed by atoms with Gasteiger partial charge in [-0.15, -0.1) is 0 Å². The minimum Gasteiger partial charge on any atom is -0.0877 e. The standard InChI is InChI=1S/C6H9I/c1-2-3-4-5-6-7/h2-5H,6H2,1H3/b3-2+,5-4+. The van der Waals surface area contributed by atoms with Gasteiger partial charge in [0.15, 0.2) is 0 Å². The average Bonchev–Trinajstić information content (AvgIpc) is 1.69. The first-order valence-electron chi connectivity index (χ1n) is 2.25. The number of rotatable bonds is 2. The van der Waals surface area contributed by atoms with Crippen molar-refractivity contribution in [1.29, 1.82) is 0 Å². The van der Waals surface area contributed by atoms with Gasteiger partial charge < -0.3 is 0 Å². The molecule has 0 aliphatic carbocycles. The van der Waals surface area contributed by atoms with E-state index in [4.69, 9.17) is 0 Å². The molecular weight excluding hydrogens is 199 g/mol. The number of allylic oxidation sites excluding steroid dienone is 4. The third-order valence-corrected chi connectivity index (χ3v) is 1.04. The monoisotopic (exact) mass is 208 g/mol. The highest BCUT2D eigenvalue weighted by atomic mass is 127. The molecule has 0 bridgehead atoms. The lowest BCUT2D eigenvalue weighted by molar-refractivity contribution is 1.71. The molecule has 0 unspecified atom stereocenters. The van der Waals surface area contributed by atoms with Crippen molar-refractivity contribution in [2.24, 2.45) is 0 Å². The molecule has 0 aromatic heterocycles. The quantitative estimate of drug-likeness (QED) is 0.371. The second-order valence-electron chi connectivity index (χ2n) is 1.11. The third-order valence-electron chi connectivity index (χ3n) is 0.529. The summed E-state index contributed by atoms with van der Waals surface area (Å²) in [7, 11) is 0. The molecule has 0 atom stereocenters. The van der Waals surface area contributed by atoms with E-state index in [1.807, 2.05) is 25.2 Å². The van der Waals surface area contributed by atoms with E-state index in [9.17, 15) is 0 Å². The molecule has 40 valence electrons. The first-order chi connectivity index (χ1) is 3.41. The van der Waals surface area contributed by atoms with Crippen molar-refractivity contribution < 1.29 is 0 Å². The van der Waals surface area contributed by atoms with Gasteiger partial charge in [0.05, 0.1) is 0 Å². The Morgan fingerprint density at radius 1 is 1.43 bits per heavy atom. The van der Waals surface area contributed by atoms with Crippen molar-refractivity contribution in [2.45, 2.75) is 6.92 Å². The molecule has 0 aliphatic rings. The van der Waals surface area contributed by atoms with Crippen LogP contribution in [-0.2, 0) is 0 Å². The van der Waals surface area contributed by atoms with E-state index < -0.39 is 0 Å². The van der Waals surface area contributed by atoms with E-state index in [-0.39, 0.29) is 0 Å². The summed E-state index contributed by atoms with van der Waals surface area (Å²) in [6, 6.07) is 0. The van der Waals surface area contributed by atoms with Gasteiger partial charge in [0.25, 0.3) is 0 Å². The molecule has 0 fully saturated rings. The Morgan fingerprint density at radius 2 is 2.14 bits per heavy atom. The Balaban J connectivity index is 3.09. The minimum absolute atomic E-state index is 1.10. The molecule has 0 N–H and O–H groups in total. The van der Waals surface area contributed by atoms with Crippen LogP contribution in [0.4, 0.5) is 0 Å². The summed E-state index contributed by atoms with van der Waals surface area (Å²) in [6.07, 6.45) is 8.20. The molecule has 0 aromatic rings. The molecule has 0 rings (SSSR count). The third kappa shape index (κ3) is 6.21. The fraction of sp³-hybridized carbons (Fsp3) is 0.333. The maximum Gasteiger partial charge on any atom is 0.0178 e. The Labute approximate surface area is 58.4 Å². The van der Waals surface area contributed by atoms with Gasteiger partial charge >= 0.3 is 0 Å². The molecule has 0 spiro atoms. The minimum atomic E-state index is 1.10. The lowest BCUT2D eigenvalue weighted by Crippen LogP contribution is -1.53. The number of hydrogen-bond acceptors (Lipinski definition) is 0. The van der Waals surface area contributed by atoms with E-state index >= 15 is 0 Å².